The number of likely N-dealkylation sites (N-methyl/N-ethyl adjacent to an activating group) is 1. The molecule has 1 aliphatic rings. The Morgan fingerprint density at radius 1 is 1.09 bits per heavy atom. The van der Waals surface area contributed by atoms with E-state index in [4.69, 9.17) is 0 Å². The van der Waals surface area contributed by atoms with Gasteiger partial charge in [-0.25, -0.2) is 5.48 Å². The molecule has 0 radical (unpaired) electrons. The normalized spacial score (nSPS) is 18.1. The largest absolute Gasteiger partial charge is 0.295 e. The van der Waals surface area contributed by atoms with Gasteiger partial charge in [-0.3, -0.25) is 34.9 Å². The number of amides is 3. The van der Waals surface area contributed by atoms with Gasteiger partial charge in [-0.05, 0) is 56.7 Å². The van der Waals surface area contributed by atoms with Crippen LogP contribution in [0.3, 0.4) is 0 Å². The fourth-order valence-corrected chi connectivity index (χ4v) is 4.59. The van der Waals surface area contributed by atoms with Gasteiger partial charge >= 0.3 is 0 Å². The first-order valence-electron chi connectivity index (χ1n) is 12.6. The lowest BCUT2D eigenvalue weighted by atomic mass is 9.82. The fraction of sp³-hybridized carbons (Fsp3) is 0.593. The molecule has 1 saturated heterocycles. The van der Waals surface area contributed by atoms with Crippen molar-refractivity contribution < 1.29 is 19.6 Å². The molecule has 0 saturated carbocycles. The van der Waals surface area contributed by atoms with E-state index in [1.165, 1.54) is 5.01 Å². The maximum absolute atomic E-state index is 13.6. The van der Waals surface area contributed by atoms with E-state index in [0.29, 0.717) is 13.0 Å². The number of hydroxylamine groups is 1. The summed E-state index contributed by atoms with van der Waals surface area (Å²) in [4.78, 5) is 41.5. The number of carbonyl (C=O) groups excluding carboxylic acids is 3. The van der Waals surface area contributed by atoms with Gasteiger partial charge in [0.2, 0.25) is 11.8 Å². The van der Waals surface area contributed by atoms with Crippen LogP contribution in [0, 0.1) is 23.7 Å². The third kappa shape index (κ3) is 8.78. The summed E-state index contributed by atoms with van der Waals surface area (Å²) >= 11 is 0. The van der Waals surface area contributed by atoms with Crippen molar-refractivity contribution in [1.29, 1.82) is 0 Å². The van der Waals surface area contributed by atoms with Gasteiger partial charge in [0.05, 0.1) is 17.9 Å². The number of hydrogen-bond donors (Lipinski definition) is 3. The number of benzene rings is 1. The highest BCUT2D eigenvalue weighted by atomic mass is 16.5. The Balaban J connectivity index is 2.25. The van der Waals surface area contributed by atoms with E-state index in [1.54, 1.807) is 5.48 Å². The SMILES string of the molecule is CC(C)C[C@@H](C(=O)NN(CC(C)C)C(=O)[C@H]1CCCN1C)[C@H](C/C=C/c1ccccc1)C(=O)NO. The van der Waals surface area contributed by atoms with Crippen LogP contribution in [0.4, 0.5) is 0 Å². The van der Waals surface area contributed by atoms with Crippen molar-refractivity contribution in [3.05, 3.63) is 42.0 Å². The van der Waals surface area contributed by atoms with Crippen LogP contribution in [0.15, 0.2) is 36.4 Å². The number of hydrazine groups is 1. The zero-order valence-electron chi connectivity index (χ0n) is 21.7. The minimum absolute atomic E-state index is 0.123. The summed E-state index contributed by atoms with van der Waals surface area (Å²) < 4.78 is 0. The van der Waals surface area contributed by atoms with E-state index in [2.05, 4.69) is 5.43 Å². The quantitative estimate of drug-likeness (QED) is 0.328. The number of allylic oxidation sites excluding steroid dienone is 1. The van der Waals surface area contributed by atoms with E-state index < -0.39 is 17.7 Å². The minimum atomic E-state index is -0.785. The Morgan fingerprint density at radius 2 is 1.77 bits per heavy atom. The summed E-state index contributed by atoms with van der Waals surface area (Å²) in [5, 5.41) is 10.9. The molecule has 0 aliphatic carbocycles. The van der Waals surface area contributed by atoms with E-state index in [0.717, 1.165) is 24.9 Å². The van der Waals surface area contributed by atoms with E-state index in [-0.39, 0.29) is 36.1 Å². The lowest BCUT2D eigenvalue weighted by Gasteiger charge is -2.33. The lowest BCUT2D eigenvalue weighted by molar-refractivity contribution is -0.149. The topological polar surface area (TPSA) is 102 Å². The molecule has 3 N–H and O–H groups in total. The van der Waals surface area contributed by atoms with E-state index in [1.807, 2.05) is 82.1 Å². The molecule has 1 fully saturated rings. The van der Waals surface area contributed by atoms with Crippen molar-refractivity contribution in [2.75, 3.05) is 20.1 Å². The van der Waals surface area contributed by atoms with Crippen molar-refractivity contribution in [3.63, 3.8) is 0 Å². The Kier molecular flexibility index (Phi) is 11.4. The maximum atomic E-state index is 13.6. The third-order valence-electron chi connectivity index (χ3n) is 6.36. The summed E-state index contributed by atoms with van der Waals surface area (Å²) in [6, 6.07) is 9.42. The second-order valence-corrected chi connectivity index (χ2v) is 10.3. The Bertz CT molecular complexity index is 856. The highest BCUT2D eigenvalue weighted by Gasteiger charge is 2.37. The predicted molar refractivity (Wildman–Crippen MR) is 137 cm³/mol. The first kappa shape index (κ1) is 28.5. The minimum Gasteiger partial charge on any atom is -0.295 e. The van der Waals surface area contributed by atoms with Crippen molar-refractivity contribution >= 4 is 23.8 Å². The maximum Gasteiger partial charge on any atom is 0.258 e. The number of carbonyl (C=O) groups is 3. The Morgan fingerprint density at radius 3 is 2.31 bits per heavy atom. The van der Waals surface area contributed by atoms with Gasteiger partial charge in [0.1, 0.15) is 0 Å². The number of nitrogens with zero attached hydrogens (tertiary/aromatic N) is 2. The molecule has 194 valence electrons. The standard InChI is InChI=1S/C27H42N4O4/c1-19(2)17-23(22(26(33)29-35)14-9-13-21-11-7-6-8-12-21)25(32)28-31(18-20(3)4)27(34)24-15-10-16-30(24)5/h6-9,11-13,19-20,22-24,35H,10,14-18H2,1-5H3,(H,28,32)(H,29,33)/b13-9+/t22-,23+,24+/m0/s1. The molecule has 3 amide bonds. The molecule has 0 unspecified atom stereocenters. The summed E-state index contributed by atoms with van der Waals surface area (Å²) in [6.45, 7) is 9.19. The fourth-order valence-electron chi connectivity index (χ4n) is 4.59. The van der Waals surface area contributed by atoms with Crippen LogP contribution >= 0.6 is 0 Å². The first-order chi connectivity index (χ1) is 16.6. The van der Waals surface area contributed by atoms with Gasteiger partial charge in [0, 0.05) is 6.54 Å². The zero-order chi connectivity index (χ0) is 26.0. The summed E-state index contributed by atoms with van der Waals surface area (Å²) in [6.07, 6.45) is 6.16. The third-order valence-corrected chi connectivity index (χ3v) is 6.36. The Labute approximate surface area is 209 Å². The van der Waals surface area contributed by atoms with Crippen molar-refractivity contribution in [2.24, 2.45) is 23.7 Å². The van der Waals surface area contributed by atoms with Gasteiger partial charge in [-0.1, -0.05) is 70.2 Å². The summed E-state index contributed by atoms with van der Waals surface area (Å²) in [5.74, 6) is -2.33. The van der Waals surface area contributed by atoms with Crippen LogP contribution in [-0.2, 0) is 14.4 Å². The second kappa shape index (κ2) is 14.0. The molecular formula is C27H42N4O4. The highest BCUT2D eigenvalue weighted by molar-refractivity contribution is 5.90. The smallest absolute Gasteiger partial charge is 0.258 e. The van der Waals surface area contributed by atoms with E-state index >= 15 is 0 Å². The average Bonchev–Trinajstić information content (AvgIpc) is 3.25. The predicted octanol–water partition coefficient (Wildman–Crippen LogP) is 3.48. The zero-order valence-corrected chi connectivity index (χ0v) is 21.7. The molecule has 1 aliphatic heterocycles. The number of hydrogen-bond acceptors (Lipinski definition) is 5. The van der Waals surface area contributed by atoms with Gasteiger partial charge < -0.3 is 0 Å². The molecule has 35 heavy (non-hydrogen) atoms. The van der Waals surface area contributed by atoms with Crippen LogP contribution in [0.1, 0.15) is 58.9 Å². The second-order valence-electron chi connectivity index (χ2n) is 10.3. The van der Waals surface area contributed by atoms with Crippen molar-refractivity contribution in [1.82, 2.24) is 20.8 Å². The monoisotopic (exact) mass is 486 g/mol. The van der Waals surface area contributed by atoms with Crippen molar-refractivity contribution in [3.8, 4) is 0 Å². The molecule has 8 nitrogen and oxygen atoms in total. The van der Waals surface area contributed by atoms with Gasteiger partial charge in [-0.15, -0.1) is 0 Å². The van der Waals surface area contributed by atoms with Crippen molar-refractivity contribution in [2.45, 2.75) is 59.4 Å². The average molecular weight is 487 g/mol. The Hall–Kier alpha value is -2.71. The molecule has 0 bridgehead atoms. The summed E-state index contributed by atoms with van der Waals surface area (Å²) in [7, 11) is 1.92. The molecule has 1 heterocycles. The molecule has 0 aromatic heterocycles. The van der Waals surface area contributed by atoms with Crippen LogP contribution in [0.5, 0.6) is 0 Å². The molecule has 8 heteroatoms. The summed E-state index contributed by atoms with van der Waals surface area (Å²) in [5.41, 5.74) is 5.57. The number of likely N-dealkylation sites (tertiary alicyclic amines) is 1. The molecule has 0 spiro atoms. The molecule has 3 atom stereocenters. The van der Waals surface area contributed by atoms with E-state index in [9.17, 15) is 19.6 Å². The van der Waals surface area contributed by atoms with Crippen LogP contribution in [0.25, 0.3) is 6.08 Å². The van der Waals surface area contributed by atoms with Gasteiger partial charge in [0.25, 0.3) is 5.91 Å². The molecule has 1 aromatic carbocycles. The van der Waals surface area contributed by atoms with Gasteiger partial charge in [0.15, 0.2) is 0 Å². The van der Waals surface area contributed by atoms with Crippen LogP contribution in [-0.4, -0.2) is 59.0 Å². The molecule has 2 rings (SSSR count). The van der Waals surface area contributed by atoms with Crippen LogP contribution < -0.4 is 10.9 Å². The first-order valence-corrected chi connectivity index (χ1v) is 12.6. The highest BCUT2D eigenvalue weighted by Crippen LogP contribution is 2.26. The van der Waals surface area contributed by atoms with Gasteiger partial charge in [-0.2, -0.15) is 0 Å². The number of rotatable bonds is 11. The molecular weight excluding hydrogens is 444 g/mol. The lowest BCUT2D eigenvalue weighted by Crippen LogP contribution is -2.56. The molecule has 1 aromatic rings. The van der Waals surface area contributed by atoms with Crippen LogP contribution in [0.2, 0.25) is 0 Å². The number of nitrogens with one attached hydrogen (secondary N) is 2.